The van der Waals surface area contributed by atoms with Crippen molar-refractivity contribution in [3.8, 4) is 17.1 Å². The molecule has 0 spiro atoms. The number of aromatic nitrogens is 4. The molecule has 0 saturated heterocycles. The molecule has 0 unspecified atom stereocenters. The molecule has 4 aromatic heterocycles. The number of amides is 1. The molecule has 8 nitrogen and oxygen atoms in total. The summed E-state index contributed by atoms with van der Waals surface area (Å²) < 4.78 is 54.5. The van der Waals surface area contributed by atoms with Crippen molar-refractivity contribution in [3.05, 3.63) is 58.3 Å². The molecular formula is C25H24F3N5O3. The van der Waals surface area contributed by atoms with Gasteiger partial charge >= 0.3 is 6.18 Å². The van der Waals surface area contributed by atoms with Crippen LogP contribution in [-0.4, -0.2) is 32.3 Å². The molecule has 0 saturated carbocycles. The minimum Gasteiger partial charge on any atom is -0.467 e. The summed E-state index contributed by atoms with van der Waals surface area (Å²) in [5.41, 5.74) is 2.41. The first-order valence-electron chi connectivity index (χ1n) is 11.4. The highest BCUT2D eigenvalue weighted by molar-refractivity contribution is 5.95. The second-order valence-electron chi connectivity index (χ2n) is 8.94. The summed E-state index contributed by atoms with van der Waals surface area (Å²) in [5, 5.41) is 7.01. The van der Waals surface area contributed by atoms with Crippen LogP contribution in [0, 0.1) is 20.8 Å². The highest BCUT2D eigenvalue weighted by Crippen LogP contribution is 2.41. The minimum atomic E-state index is -4.70. The smallest absolute Gasteiger partial charge is 0.417 e. The molecule has 0 bridgehead atoms. The molecule has 4 aromatic rings. The van der Waals surface area contributed by atoms with Gasteiger partial charge in [-0.1, -0.05) is 6.07 Å². The van der Waals surface area contributed by atoms with Gasteiger partial charge in [-0.05, 0) is 51.3 Å². The van der Waals surface area contributed by atoms with Crippen LogP contribution in [-0.2, 0) is 24.4 Å². The third kappa shape index (κ3) is 4.29. The van der Waals surface area contributed by atoms with Crippen LogP contribution in [0.4, 0.5) is 13.2 Å². The molecule has 1 amide bonds. The predicted octanol–water partition coefficient (Wildman–Crippen LogP) is 4.75. The van der Waals surface area contributed by atoms with Gasteiger partial charge in [-0.3, -0.25) is 9.78 Å². The number of nitrogens with zero attached hydrogens (tertiary/aromatic N) is 4. The molecule has 36 heavy (non-hydrogen) atoms. The maximum Gasteiger partial charge on any atom is 0.417 e. The van der Waals surface area contributed by atoms with Crippen LogP contribution in [0.3, 0.4) is 0 Å². The summed E-state index contributed by atoms with van der Waals surface area (Å²) in [6, 6.07) is 6.05. The number of carbonyl (C=O) groups is 1. The van der Waals surface area contributed by atoms with Gasteiger partial charge in [0.1, 0.15) is 17.2 Å². The number of ether oxygens (including phenoxy) is 1. The summed E-state index contributed by atoms with van der Waals surface area (Å²) in [6.45, 7) is 4.80. The normalized spacial score (nSPS) is 15.4. The van der Waals surface area contributed by atoms with Gasteiger partial charge in [0.25, 0.3) is 5.91 Å². The van der Waals surface area contributed by atoms with Crippen LogP contribution in [0.1, 0.15) is 46.5 Å². The summed E-state index contributed by atoms with van der Waals surface area (Å²) in [5.74, 6) is 0.240. The third-order valence-corrected chi connectivity index (χ3v) is 6.25. The van der Waals surface area contributed by atoms with Gasteiger partial charge in [0, 0.05) is 30.1 Å². The fourth-order valence-electron chi connectivity index (χ4n) is 4.68. The molecule has 0 radical (unpaired) electrons. The maximum absolute atomic E-state index is 14.1. The summed E-state index contributed by atoms with van der Waals surface area (Å²) in [7, 11) is 1.50. The van der Waals surface area contributed by atoms with Gasteiger partial charge in [0.2, 0.25) is 5.88 Å². The number of fused-ring (bicyclic) bond motifs is 2. The Morgan fingerprint density at radius 3 is 2.69 bits per heavy atom. The summed E-state index contributed by atoms with van der Waals surface area (Å²) >= 11 is 0. The van der Waals surface area contributed by atoms with E-state index in [9.17, 15) is 18.0 Å². The monoisotopic (exact) mass is 499 g/mol. The largest absolute Gasteiger partial charge is 0.467 e. The zero-order chi connectivity index (χ0) is 25.8. The molecule has 0 aliphatic heterocycles. The number of halogens is 3. The van der Waals surface area contributed by atoms with E-state index >= 15 is 0 Å². The number of pyridine rings is 2. The van der Waals surface area contributed by atoms with Gasteiger partial charge < -0.3 is 14.5 Å². The first kappa shape index (κ1) is 23.8. The number of rotatable bonds is 5. The first-order chi connectivity index (χ1) is 17.0. The molecule has 1 aliphatic carbocycles. The number of hydrogen-bond donors (Lipinski definition) is 1. The fraction of sp³-hybridized carbons (Fsp3) is 0.360. The Kier molecular flexibility index (Phi) is 5.73. The van der Waals surface area contributed by atoms with E-state index in [2.05, 4.69) is 20.4 Å². The quantitative estimate of drug-likeness (QED) is 0.426. The number of furan rings is 1. The van der Waals surface area contributed by atoms with Crippen molar-refractivity contribution in [2.24, 2.45) is 7.05 Å². The Bertz CT molecular complexity index is 1490. The van der Waals surface area contributed by atoms with Crippen molar-refractivity contribution in [2.45, 2.75) is 45.8 Å². The number of aryl methyl sites for hydroxylation is 5. The molecule has 5 rings (SSSR count). The van der Waals surface area contributed by atoms with Crippen LogP contribution < -0.4 is 10.1 Å². The molecule has 0 fully saturated rings. The van der Waals surface area contributed by atoms with E-state index in [0.29, 0.717) is 23.5 Å². The van der Waals surface area contributed by atoms with Crippen molar-refractivity contribution >= 4 is 16.9 Å². The number of nitrogens with one attached hydrogen (secondary N) is 1. The van der Waals surface area contributed by atoms with Crippen LogP contribution in [0.25, 0.3) is 22.3 Å². The van der Waals surface area contributed by atoms with Crippen LogP contribution >= 0.6 is 0 Å². The van der Waals surface area contributed by atoms with Gasteiger partial charge in [0.15, 0.2) is 12.3 Å². The molecule has 0 aromatic carbocycles. The van der Waals surface area contributed by atoms with Gasteiger partial charge in [-0.25, -0.2) is 4.68 Å². The van der Waals surface area contributed by atoms with Crippen molar-refractivity contribution in [1.29, 1.82) is 0 Å². The van der Waals surface area contributed by atoms with Gasteiger partial charge in [-0.2, -0.15) is 23.3 Å². The van der Waals surface area contributed by atoms with E-state index in [1.54, 1.807) is 19.9 Å². The molecular weight excluding hydrogens is 475 g/mol. The maximum atomic E-state index is 14.1. The van der Waals surface area contributed by atoms with E-state index < -0.39 is 24.3 Å². The number of carbonyl (C=O) groups excluding carboxylic acids is 1. The Labute approximate surface area is 204 Å². The highest BCUT2D eigenvalue weighted by Gasteiger charge is 2.37. The van der Waals surface area contributed by atoms with Crippen LogP contribution in [0.15, 0.2) is 28.7 Å². The minimum absolute atomic E-state index is 0.0142. The molecule has 1 aliphatic rings. The van der Waals surface area contributed by atoms with E-state index in [-0.39, 0.29) is 28.6 Å². The van der Waals surface area contributed by atoms with E-state index in [1.165, 1.54) is 11.7 Å². The van der Waals surface area contributed by atoms with E-state index in [4.69, 9.17) is 9.15 Å². The lowest BCUT2D eigenvalue weighted by Crippen LogP contribution is -2.31. The van der Waals surface area contributed by atoms with E-state index in [1.807, 2.05) is 19.1 Å². The Hall–Kier alpha value is -3.89. The first-order valence-corrected chi connectivity index (χ1v) is 11.4. The molecule has 1 N–H and O–H groups in total. The number of alkyl halides is 3. The summed E-state index contributed by atoms with van der Waals surface area (Å²) in [4.78, 5) is 21.3. The molecule has 1 atom stereocenters. The lowest BCUT2D eigenvalue weighted by molar-refractivity contribution is -0.136. The van der Waals surface area contributed by atoms with Crippen LogP contribution in [0.5, 0.6) is 5.88 Å². The average Bonchev–Trinajstić information content (AvgIpc) is 3.46. The zero-order valence-corrected chi connectivity index (χ0v) is 20.2. The fourth-order valence-corrected chi connectivity index (χ4v) is 4.68. The standard InChI is InChI=1S/C25H24F3N5O3/c1-12-5-6-15-18(29-12)7-8-19(15)30-20(34)11-35-21-10-17(25(26,27)28)22-23(32-33(4)24(22)31-21)16-9-13(2)36-14(16)3/h5-6,9-10,19H,7-8,11H2,1-4H3,(H,30,34)/t19-/m0/s1. The van der Waals surface area contributed by atoms with Gasteiger partial charge in [-0.15, -0.1) is 0 Å². The SMILES string of the molecule is Cc1ccc2c(n1)CC[C@@H]2NC(=O)COc1cc(C(F)(F)F)c2c(-c3cc(C)oc3C)nn(C)c2n1. The van der Waals surface area contributed by atoms with Crippen molar-refractivity contribution in [2.75, 3.05) is 6.61 Å². The molecule has 11 heteroatoms. The van der Waals surface area contributed by atoms with Crippen molar-refractivity contribution in [1.82, 2.24) is 25.1 Å². The van der Waals surface area contributed by atoms with Gasteiger partial charge in [0.05, 0.1) is 17.0 Å². The second-order valence-corrected chi connectivity index (χ2v) is 8.94. The molecule has 188 valence electrons. The van der Waals surface area contributed by atoms with Crippen molar-refractivity contribution < 1.29 is 27.1 Å². The van der Waals surface area contributed by atoms with E-state index in [0.717, 1.165) is 29.4 Å². The highest BCUT2D eigenvalue weighted by atomic mass is 19.4. The lowest BCUT2D eigenvalue weighted by atomic mass is 10.1. The average molecular weight is 499 g/mol. The Morgan fingerprint density at radius 2 is 2.00 bits per heavy atom. The Balaban J connectivity index is 1.41. The molecule has 4 heterocycles. The second kappa shape index (κ2) is 8.65. The topological polar surface area (TPSA) is 95.1 Å². The lowest BCUT2D eigenvalue weighted by Gasteiger charge is -2.15. The van der Waals surface area contributed by atoms with Crippen LogP contribution in [0.2, 0.25) is 0 Å². The predicted molar refractivity (Wildman–Crippen MR) is 124 cm³/mol. The summed E-state index contributed by atoms with van der Waals surface area (Å²) in [6.07, 6.45) is -3.26. The zero-order valence-electron chi connectivity index (χ0n) is 20.2. The van der Waals surface area contributed by atoms with Crippen molar-refractivity contribution in [3.63, 3.8) is 0 Å². The number of hydrogen-bond acceptors (Lipinski definition) is 6. The Morgan fingerprint density at radius 1 is 1.22 bits per heavy atom. The third-order valence-electron chi connectivity index (χ3n) is 6.25.